The fraction of sp³-hybridized carbons (Fsp3) is 0.130. The molecule has 0 unspecified atom stereocenters. The monoisotopic (exact) mass is 480 g/mol. The van der Waals surface area contributed by atoms with E-state index in [9.17, 15) is 14.7 Å². The molecule has 0 atom stereocenters. The lowest BCUT2D eigenvalue weighted by atomic mass is 10.1. The fourth-order valence-corrected chi connectivity index (χ4v) is 4.57. The second-order valence-corrected chi connectivity index (χ2v) is 8.60. The summed E-state index contributed by atoms with van der Waals surface area (Å²) in [7, 11) is 3.11. The molecule has 1 aromatic heterocycles. The fourth-order valence-electron chi connectivity index (χ4n) is 3.32. The zero-order valence-corrected chi connectivity index (χ0v) is 19.3. The molecule has 0 spiro atoms. The van der Waals surface area contributed by atoms with Crippen LogP contribution in [-0.4, -0.2) is 51.6 Å². The molecule has 0 saturated carbocycles. The Morgan fingerprint density at radius 3 is 2.55 bits per heavy atom. The number of hydrogen-bond acceptors (Lipinski definition) is 8. The lowest BCUT2D eigenvalue weighted by Crippen LogP contribution is -2.40. The van der Waals surface area contributed by atoms with Gasteiger partial charge in [0.25, 0.3) is 5.91 Å². The number of carbonyl (C=O) groups is 2. The quantitative estimate of drug-likeness (QED) is 0.376. The first kappa shape index (κ1) is 22.6. The van der Waals surface area contributed by atoms with Gasteiger partial charge in [0.2, 0.25) is 0 Å². The number of aliphatic carboxylic acids is 1. The summed E-state index contributed by atoms with van der Waals surface area (Å²) in [5.41, 5.74) is 2.84. The molecule has 8 nitrogen and oxygen atoms in total. The van der Waals surface area contributed by atoms with Crippen molar-refractivity contribution in [3.05, 3.63) is 65.2 Å². The second-order valence-electron chi connectivity index (χ2n) is 6.92. The Hall–Kier alpha value is -3.63. The number of carboxylic acids is 1. The van der Waals surface area contributed by atoms with Gasteiger partial charge in [-0.2, -0.15) is 5.10 Å². The largest absolute Gasteiger partial charge is 0.548 e. The molecule has 4 rings (SSSR count). The number of rotatable bonds is 7. The molecule has 1 fully saturated rings. The first-order valence-corrected chi connectivity index (χ1v) is 11.0. The highest BCUT2D eigenvalue weighted by Crippen LogP contribution is 2.37. The van der Waals surface area contributed by atoms with E-state index in [0.717, 1.165) is 27.9 Å². The predicted octanol–water partition coefficient (Wildman–Crippen LogP) is 2.51. The molecule has 168 valence electrons. The topological polar surface area (TPSA) is 96.7 Å². The summed E-state index contributed by atoms with van der Waals surface area (Å²) in [4.78, 5) is 25.1. The molecule has 1 aliphatic heterocycles. The zero-order chi connectivity index (χ0) is 23.5. The molecule has 33 heavy (non-hydrogen) atoms. The van der Waals surface area contributed by atoms with Crippen LogP contribution in [0.5, 0.6) is 11.5 Å². The van der Waals surface area contributed by atoms with E-state index < -0.39 is 18.4 Å². The smallest absolute Gasteiger partial charge is 0.266 e. The van der Waals surface area contributed by atoms with Crippen LogP contribution < -0.4 is 14.6 Å². The Balaban J connectivity index is 1.82. The summed E-state index contributed by atoms with van der Waals surface area (Å²) in [6, 6.07) is 15.0. The van der Waals surface area contributed by atoms with Gasteiger partial charge in [-0.1, -0.05) is 42.2 Å². The molecule has 0 N–H and O–H groups in total. The Kier molecular flexibility index (Phi) is 6.47. The van der Waals surface area contributed by atoms with Crippen molar-refractivity contribution in [3.63, 3.8) is 0 Å². The molecular weight excluding hydrogens is 462 g/mol. The average molecular weight is 481 g/mol. The molecule has 10 heteroatoms. The summed E-state index contributed by atoms with van der Waals surface area (Å²) in [5.74, 6) is -0.751. The Bertz CT molecular complexity index is 1270. The van der Waals surface area contributed by atoms with Crippen molar-refractivity contribution < 1.29 is 24.2 Å². The van der Waals surface area contributed by atoms with Gasteiger partial charge in [-0.15, -0.1) is 0 Å². The van der Waals surface area contributed by atoms with Crippen LogP contribution in [0.2, 0.25) is 0 Å². The van der Waals surface area contributed by atoms with Crippen molar-refractivity contribution in [1.29, 1.82) is 0 Å². The number of thioether (sulfide) groups is 1. The summed E-state index contributed by atoms with van der Waals surface area (Å²) in [5, 5.41) is 15.7. The number of thiocarbonyl (C=S) groups is 1. The minimum Gasteiger partial charge on any atom is -0.548 e. The lowest BCUT2D eigenvalue weighted by Gasteiger charge is -2.14. The van der Waals surface area contributed by atoms with Crippen molar-refractivity contribution in [2.45, 2.75) is 0 Å². The van der Waals surface area contributed by atoms with Crippen molar-refractivity contribution in [2.75, 3.05) is 20.8 Å². The van der Waals surface area contributed by atoms with E-state index in [2.05, 4.69) is 0 Å². The number of ether oxygens (including phenoxy) is 2. The van der Waals surface area contributed by atoms with Crippen molar-refractivity contribution in [2.24, 2.45) is 0 Å². The summed E-state index contributed by atoms with van der Waals surface area (Å²) in [6.45, 7) is -0.589. The number of para-hydroxylation sites is 1. The zero-order valence-electron chi connectivity index (χ0n) is 17.7. The van der Waals surface area contributed by atoms with E-state index in [1.165, 1.54) is 0 Å². The van der Waals surface area contributed by atoms with Crippen LogP contribution in [0.25, 0.3) is 23.0 Å². The van der Waals surface area contributed by atoms with E-state index in [1.54, 1.807) is 43.3 Å². The second kappa shape index (κ2) is 9.47. The highest BCUT2D eigenvalue weighted by atomic mass is 32.2. The van der Waals surface area contributed by atoms with E-state index in [1.807, 2.05) is 36.4 Å². The number of nitrogens with zero attached hydrogens (tertiary/aromatic N) is 3. The van der Waals surface area contributed by atoms with Gasteiger partial charge in [0, 0.05) is 17.3 Å². The third-order valence-corrected chi connectivity index (χ3v) is 6.25. The van der Waals surface area contributed by atoms with E-state index in [-0.39, 0.29) is 4.32 Å². The van der Waals surface area contributed by atoms with Crippen LogP contribution in [0, 0.1) is 0 Å². The van der Waals surface area contributed by atoms with Crippen molar-refractivity contribution >= 4 is 46.3 Å². The number of amides is 1. The van der Waals surface area contributed by atoms with E-state index >= 15 is 0 Å². The van der Waals surface area contributed by atoms with E-state index in [0.29, 0.717) is 27.7 Å². The number of carboxylic acid groups (broad SMARTS) is 1. The van der Waals surface area contributed by atoms with Gasteiger partial charge in [-0.25, -0.2) is 4.68 Å². The van der Waals surface area contributed by atoms with Gasteiger partial charge in [-0.3, -0.25) is 9.69 Å². The van der Waals surface area contributed by atoms with Crippen LogP contribution in [0.1, 0.15) is 5.56 Å². The number of benzene rings is 2. The van der Waals surface area contributed by atoms with Crippen LogP contribution in [0.15, 0.2) is 59.6 Å². The highest BCUT2D eigenvalue weighted by molar-refractivity contribution is 8.26. The molecule has 1 aliphatic rings. The van der Waals surface area contributed by atoms with Crippen LogP contribution >= 0.6 is 24.0 Å². The van der Waals surface area contributed by atoms with Gasteiger partial charge in [0.15, 0.2) is 11.5 Å². The number of hydrogen-bond donors (Lipinski definition) is 0. The first-order chi connectivity index (χ1) is 15.9. The Morgan fingerprint density at radius 1 is 1.15 bits per heavy atom. The minimum atomic E-state index is -1.38. The minimum absolute atomic E-state index is 0.165. The SMILES string of the molecule is COc1ccc(-c2nn(-c3ccccc3)cc2/C=C2\SC(=S)N(CC(=O)[O-])C2=O)cc1OC. The number of methoxy groups -OCH3 is 2. The van der Waals surface area contributed by atoms with Gasteiger partial charge in [-0.05, 0) is 36.4 Å². The summed E-state index contributed by atoms with van der Waals surface area (Å²) in [6.07, 6.45) is 3.46. The third-order valence-electron chi connectivity index (χ3n) is 4.87. The normalized spacial score (nSPS) is 14.7. The maximum atomic E-state index is 12.8. The predicted molar refractivity (Wildman–Crippen MR) is 127 cm³/mol. The van der Waals surface area contributed by atoms with Gasteiger partial charge in [0.1, 0.15) is 10.0 Å². The molecule has 0 aliphatic carbocycles. The van der Waals surface area contributed by atoms with Gasteiger partial charge < -0.3 is 19.4 Å². The van der Waals surface area contributed by atoms with Crippen LogP contribution in [0.4, 0.5) is 0 Å². The van der Waals surface area contributed by atoms with Crippen molar-refractivity contribution in [3.8, 4) is 28.4 Å². The molecule has 2 heterocycles. The van der Waals surface area contributed by atoms with Crippen molar-refractivity contribution in [1.82, 2.24) is 14.7 Å². The van der Waals surface area contributed by atoms with Crippen LogP contribution in [-0.2, 0) is 9.59 Å². The van der Waals surface area contributed by atoms with Gasteiger partial charge in [0.05, 0.1) is 37.3 Å². The first-order valence-electron chi connectivity index (χ1n) is 9.74. The third kappa shape index (κ3) is 4.62. The molecule has 1 amide bonds. The molecule has 0 radical (unpaired) electrons. The summed E-state index contributed by atoms with van der Waals surface area (Å²) < 4.78 is 12.6. The molecule has 0 bridgehead atoms. The number of aromatic nitrogens is 2. The Morgan fingerprint density at radius 2 is 1.88 bits per heavy atom. The molecule has 3 aromatic rings. The average Bonchev–Trinajstić information content (AvgIpc) is 3.35. The molecular formula is C23H18N3O5S2-. The number of carbonyl (C=O) groups excluding carboxylic acids is 2. The van der Waals surface area contributed by atoms with Crippen LogP contribution in [0.3, 0.4) is 0 Å². The lowest BCUT2D eigenvalue weighted by molar-refractivity contribution is -0.305. The van der Waals surface area contributed by atoms with E-state index in [4.69, 9.17) is 26.8 Å². The maximum Gasteiger partial charge on any atom is 0.266 e. The van der Waals surface area contributed by atoms with Gasteiger partial charge >= 0.3 is 0 Å². The Labute approximate surface area is 199 Å². The maximum absolute atomic E-state index is 12.8. The highest BCUT2D eigenvalue weighted by Gasteiger charge is 2.32. The molecule has 1 saturated heterocycles. The molecule has 2 aromatic carbocycles. The standard InChI is InChI=1S/C23H19N3O5S2/c1-30-17-9-8-14(10-18(17)31-2)21-15(12-26(24-21)16-6-4-3-5-7-16)11-19-22(29)25(13-20(27)28)23(32)33-19/h3-12H,13H2,1-2H3,(H,27,28)/p-1/b19-11-. The summed E-state index contributed by atoms with van der Waals surface area (Å²) >= 11 is 6.22.